The fraction of sp³-hybridized carbons (Fsp3) is 0.172. The van der Waals surface area contributed by atoms with E-state index in [0.717, 1.165) is 15.5 Å². The van der Waals surface area contributed by atoms with E-state index in [1.807, 2.05) is 72.5 Å². The van der Waals surface area contributed by atoms with Crippen LogP contribution in [0, 0.1) is 0 Å². The predicted octanol–water partition coefficient (Wildman–Crippen LogP) is 8.51. The lowest BCUT2D eigenvalue weighted by Crippen LogP contribution is -2.49. The number of para-hydroxylation sites is 1. The zero-order valence-corrected chi connectivity index (χ0v) is 23.6. The number of anilines is 3. The summed E-state index contributed by atoms with van der Waals surface area (Å²) in [6.45, 7) is 1.96. The van der Waals surface area contributed by atoms with Crippen molar-refractivity contribution in [2.75, 3.05) is 15.5 Å². The number of allylic oxidation sites excluding steroid dienone is 2. The van der Waals surface area contributed by atoms with E-state index in [2.05, 4.69) is 22.8 Å². The van der Waals surface area contributed by atoms with Crippen molar-refractivity contribution in [1.82, 2.24) is 0 Å². The number of halogens is 2. The molecule has 0 saturated heterocycles. The van der Waals surface area contributed by atoms with Crippen LogP contribution in [-0.2, 0) is 4.79 Å². The molecule has 194 valence electrons. The number of benzene rings is 3. The number of carbonyl (C=O) groups is 2. The van der Waals surface area contributed by atoms with Gasteiger partial charge in [0.25, 0.3) is 0 Å². The number of nitrogens with one attached hydrogen (secondary N) is 2. The molecule has 3 aromatic carbocycles. The molecule has 38 heavy (non-hydrogen) atoms. The SMILES string of the molecule is CCC(Sc1cccc(NC(=O)N2c3ccccc3SC3C=CC=CC32)c1)C(=O)Nc1cc(Cl)ccc1Cl. The summed E-state index contributed by atoms with van der Waals surface area (Å²) in [6, 6.07) is 20.2. The zero-order valence-electron chi connectivity index (χ0n) is 20.4. The molecule has 5 rings (SSSR count). The van der Waals surface area contributed by atoms with Crippen molar-refractivity contribution < 1.29 is 9.59 Å². The molecule has 5 nitrogen and oxygen atoms in total. The van der Waals surface area contributed by atoms with E-state index in [9.17, 15) is 9.59 Å². The molecule has 2 N–H and O–H groups in total. The molecule has 0 bridgehead atoms. The molecular formula is C29H25Cl2N3O2S2. The quantitative estimate of drug-likeness (QED) is 0.286. The molecule has 3 unspecified atom stereocenters. The maximum absolute atomic E-state index is 13.6. The fourth-order valence-electron chi connectivity index (χ4n) is 4.35. The predicted molar refractivity (Wildman–Crippen MR) is 161 cm³/mol. The lowest BCUT2D eigenvalue weighted by molar-refractivity contribution is -0.115. The zero-order chi connectivity index (χ0) is 26.6. The highest BCUT2D eigenvalue weighted by atomic mass is 35.5. The summed E-state index contributed by atoms with van der Waals surface area (Å²) >= 11 is 15.5. The average molecular weight is 583 g/mol. The van der Waals surface area contributed by atoms with Gasteiger partial charge in [0.1, 0.15) is 0 Å². The first-order valence-corrected chi connectivity index (χ1v) is 14.7. The minimum absolute atomic E-state index is 0.0797. The molecular weight excluding hydrogens is 557 g/mol. The van der Waals surface area contributed by atoms with Crippen molar-refractivity contribution in [3.63, 3.8) is 0 Å². The Labute approximate surface area is 240 Å². The van der Waals surface area contributed by atoms with Gasteiger partial charge in [0.2, 0.25) is 5.91 Å². The van der Waals surface area contributed by atoms with Gasteiger partial charge in [0.15, 0.2) is 0 Å². The summed E-state index contributed by atoms with van der Waals surface area (Å²) in [5.74, 6) is -0.165. The summed E-state index contributed by atoms with van der Waals surface area (Å²) in [6.07, 6.45) is 8.82. The topological polar surface area (TPSA) is 61.4 Å². The van der Waals surface area contributed by atoms with Gasteiger partial charge in [0, 0.05) is 20.5 Å². The normalized spacial score (nSPS) is 18.3. The molecule has 2 aliphatic rings. The smallest absolute Gasteiger partial charge is 0.324 e. The third-order valence-corrected chi connectivity index (χ3v) is 9.40. The lowest BCUT2D eigenvalue weighted by Gasteiger charge is -2.40. The van der Waals surface area contributed by atoms with Crippen LogP contribution >= 0.6 is 46.7 Å². The Morgan fingerprint density at radius 3 is 2.66 bits per heavy atom. The van der Waals surface area contributed by atoms with Gasteiger partial charge in [-0.1, -0.05) is 72.6 Å². The van der Waals surface area contributed by atoms with E-state index in [0.29, 0.717) is 27.8 Å². The lowest BCUT2D eigenvalue weighted by atomic mass is 10.1. The minimum atomic E-state index is -0.359. The molecule has 3 atom stereocenters. The van der Waals surface area contributed by atoms with Crippen LogP contribution < -0.4 is 15.5 Å². The highest BCUT2D eigenvalue weighted by Crippen LogP contribution is 2.43. The monoisotopic (exact) mass is 581 g/mol. The first kappa shape index (κ1) is 26.8. The van der Waals surface area contributed by atoms with Crippen LogP contribution in [0.4, 0.5) is 21.9 Å². The molecule has 1 aliphatic carbocycles. The Morgan fingerprint density at radius 2 is 1.82 bits per heavy atom. The molecule has 0 fully saturated rings. The number of amides is 3. The fourth-order valence-corrected chi connectivity index (χ4v) is 6.96. The van der Waals surface area contributed by atoms with Crippen molar-refractivity contribution in [3.8, 4) is 0 Å². The van der Waals surface area contributed by atoms with Crippen LogP contribution in [0.15, 0.2) is 101 Å². The van der Waals surface area contributed by atoms with Crippen LogP contribution in [0.2, 0.25) is 10.0 Å². The number of thioether (sulfide) groups is 2. The molecule has 3 amide bonds. The van der Waals surface area contributed by atoms with Gasteiger partial charge in [-0.2, -0.15) is 0 Å². The minimum Gasteiger partial charge on any atom is -0.324 e. The van der Waals surface area contributed by atoms with Gasteiger partial charge in [0.05, 0.1) is 32.9 Å². The molecule has 0 aromatic heterocycles. The van der Waals surface area contributed by atoms with Gasteiger partial charge < -0.3 is 10.6 Å². The molecule has 0 saturated carbocycles. The second-order valence-electron chi connectivity index (χ2n) is 8.77. The molecule has 3 aromatic rings. The third kappa shape index (κ3) is 5.91. The maximum atomic E-state index is 13.6. The van der Waals surface area contributed by atoms with E-state index in [1.165, 1.54) is 11.8 Å². The Morgan fingerprint density at radius 1 is 1.00 bits per heavy atom. The number of fused-ring (bicyclic) bond motifs is 2. The number of hydrogen-bond donors (Lipinski definition) is 2. The number of carbonyl (C=O) groups excluding carboxylic acids is 2. The molecule has 0 spiro atoms. The van der Waals surface area contributed by atoms with Crippen LogP contribution in [-0.4, -0.2) is 28.5 Å². The van der Waals surface area contributed by atoms with Gasteiger partial charge in [-0.15, -0.1) is 23.5 Å². The van der Waals surface area contributed by atoms with Crippen molar-refractivity contribution in [3.05, 3.63) is 101 Å². The summed E-state index contributed by atoms with van der Waals surface area (Å²) in [4.78, 5) is 30.4. The largest absolute Gasteiger partial charge is 0.326 e. The van der Waals surface area contributed by atoms with Gasteiger partial charge >= 0.3 is 6.03 Å². The van der Waals surface area contributed by atoms with E-state index >= 15 is 0 Å². The third-order valence-electron chi connectivity index (χ3n) is 6.17. The van der Waals surface area contributed by atoms with Crippen LogP contribution in [0.1, 0.15) is 13.3 Å². The molecule has 1 heterocycles. The standard InChI is InChI=1S/C29H25Cl2N3O2S2/c1-2-25(28(35)33-22-16-18(30)14-15-21(22)31)37-20-9-7-8-19(17-20)32-29(36)34-23-10-3-5-12-26(23)38-27-13-6-4-11-24(27)34/h3-17,23,25-26H,2H2,1H3,(H,32,36)(H,33,35). The Bertz CT molecular complexity index is 1430. The molecule has 1 aliphatic heterocycles. The first-order chi connectivity index (χ1) is 18.4. The second kappa shape index (κ2) is 11.9. The maximum Gasteiger partial charge on any atom is 0.326 e. The van der Waals surface area contributed by atoms with Crippen LogP contribution in [0.25, 0.3) is 0 Å². The number of urea groups is 1. The van der Waals surface area contributed by atoms with Crippen molar-refractivity contribution in [2.45, 2.75) is 39.7 Å². The van der Waals surface area contributed by atoms with Crippen molar-refractivity contribution >= 4 is 75.7 Å². The number of hydrogen-bond acceptors (Lipinski definition) is 4. The Balaban J connectivity index is 1.31. The number of nitrogens with zero attached hydrogens (tertiary/aromatic N) is 1. The highest BCUT2D eigenvalue weighted by molar-refractivity contribution is 8.00. The van der Waals surface area contributed by atoms with Crippen molar-refractivity contribution in [2.24, 2.45) is 0 Å². The van der Waals surface area contributed by atoms with Gasteiger partial charge in [-0.25, -0.2) is 4.79 Å². The summed E-state index contributed by atoms with van der Waals surface area (Å²) < 4.78 is 0. The second-order valence-corrected chi connectivity index (χ2v) is 12.1. The Kier molecular flexibility index (Phi) is 8.39. The Hall–Kier alpha value is -2.84. The molecule has 0 radical (unpaired) electrons. The van der Waals surface area contributed by atoms with E-state index < -0.39 is 0 Å². The summed E-state index contributed by atoms with van der Waals surface area (Å²) in [5.41, 5.74) is 2.04. The van der Waals surface area contributed by atoms with Crippen LogP contribution in [0.3, 0.4) is 0 Å². The molecule has 9 heteroatoms. The van der Waals surface area contributed by atoms with E-state index in [1.54, 1.807) is 30.0 Å². The van der Waals surface area contributed by atoms with Crippen molar-refractivity contribution in [1.29, 1.82) is 0 Å². The highest BCUT2D eigenvalue weighted by Gasteiger charge is 2.36. The van der Waals surface area contributed by atoms with Gasteiger partial charge in [-0.3, -0.25) is 9.69 Å². The van der Waals surface area contributed by atoms with Gasteiger partial charge in [-0.05, 0) is 55.0 Å². The summed E-state index contributed by atoms with van der Waals surface area (Å²) in [5, 5.41) is 6.67. The number of rotatable bonds is 6. The van der Waals surface area contributed by atoms with Crippen LogP contribution in [0.5, 0.6) is 0 Å². The average Bonchev–Trinajstić information content (AvgIpc) is 2.92. The first-order valence-electron chi connectivity index (χ1n) is 12.2. The summed E-state index contributed by atoms with van der Waals surface area (Å²) in [7, 11) is 0. The van der Waals surface area contributed by atoms with E-state index in [4.69, 9.17) is 23.2 Å². The van der Waals surface area contributed by atoms with E-state index in [-0.39, 0.29) is 28.5 Å².